The van der Waals surface area contributed by atoms with E-state index >= 15 is 0 Å². The third kappa shape index (κ3) is 5.03. The van der Waals surface area contributed by atoms with Crippen molar-refractivity contribution in [2.75, 3.05) is 19.5 Å². The number of aromatic amines is 2. The minimum Gasteiger partial charge on any atom is -0.453 e. The van der Waals surface area contributed by atoms with E-state index in [2.05, 4.69) is 15.0 Å². The predicted octanol–water partition coefficient (Wildman–Crippen LogP) is 5.13. The lowest BCUT2D eigenvalue weighted by Gasteiger charge is -2.15. The lowest BCUT2D eigenvalue weighted by atomic mass is 10.1. The predicted molar refractivity (Wildman–Crippen MR) is 137 cm³/mol. The fraction of sp³-hybridized carbons (Fsp3) is 0.148. The van der Waals surface area contributed by atoms with Gasteiger partial charge in [-0.3, -0.25) is 0 Å². The van der Waals surface area contributed by atoms with Crippen molar-refractivity contribution < 1.29 is 31.8 Å². The number of sulfone groups is 1. The second kappa shape index (κ2) is 10.4. The summed E-state index contributed by atoms with van der Waals surface area (Å²) in [6.07, 6.45) is 3.41. The first-order chi connectivity index (χ1) is 18.3. The van der Waals surface area contributed by atoms with E-state index in [9.17, 15) is 22.3 Å². The summed E-state index contributed by atoms with van der Waals surface area (Å²) in [6.45, 7) is -0.117. The number of hydrogen-bond donors (Lipinski definition) is 3. The number of benzene rings is 3. The number of rotatable bonds is 9. The number of aliphatic hydroxyl groups excluding tert-OH is 1. The molecule has 0 aliphatic rings. The van der Waals surface area contributed by atoms with E-state index in [0.717, 1.165) is 24.0 Å². The fourth-order valence-electron chi connectivity index (χ4n) is 4.21. The zero-order valence-electron chi connectivity index (χ0n) is 20.1. The van der Waals surface area contributed by atoms with Crippen LogP contribution in [0.3, 0.4) is 0 Å². The minimum atomic E-state index is -3.89. The molecule has 0 spiro atoms. The average Bonchev–Trinajstić information content (AvgIpc) is 3.55. The lowest BCUT2D eigenvalue weighted by Crippen LogP contribution is -2.10. The molecule has 3 aromatic carbocycles. The SMILES string of the molecule is CS(=O)(=O)c1c(Oc2ccc(F)c(-c3nc(C(OCCO)c4ccccc4)c[nH]3)c2)c(F)cc2[nH]ccc12. The van der Waals surface area contributed by atoms with E-state index in [1.165, 1.54) is 24.4 Å². The number of halogens is 2. The first kappa shape index (κ1) is 25.6. The summed E-state index contributed by atoms with van der Waals surface area (Å²) < 4.78 is 66.5. The van der Waals surface area contributed by atoms with Gasteiger partial charge >= 0.3 is 0 Å². The van der Waals surface area contributed by atoms with Crippen molar-refractivity contribution in [3.8, 4) is 22.9 Å². The molecule has 196 valence electrons. The Morgan fingerprint density at radius 1 is 1.03 bits per heavy atom. The molecule has 5 aromatic rings. The second-order valence-corrected chi connectivity index (χ2v) is 10.5. The summed E-state index contributed by atoms with van der Waals surface area (Å²) >= 11 is 0. The quantitative estimate of drug-likeness (QED) is 0.239. The number of aliphatic hydroxyl groups is 1. The van der Waals surface area contributed by atoms with Crippen LogP contribution in [0.5, 0.6) is 11.5 Å². The molecule has 0 fully saturated rings. The summed E-state index contributed by atoms with van der Waals surface area (Å²) in [6, 6.07) is 15.6. The highest BCUT2D eigenvalue weighted by atomic mass is 32.2. The van der Waals surface area contributed by atoms with Crippen molar-refractivity contribution >= 4 is 20.7 Å². The summed E-state index contributed by atoms with van der Waals surface area (Å²) in [5.74, 6) is -1.84. The average molecular weight is 540 g/mol. The molecule has 1 unspecified atom stereocenters. The number of ether oxygens (including phenoxy) is 2. The Labute approximate surface area is 216 Å². The molecule has 1 atom stereocenters. The van der Waals surface area contributed by atoms with Gasteiger partial charge in [0.25, 0.3) is 0 Å². The molecule has 8 nitrogen and oxygen atoms in total. The van der Waals surface area contributed by atoms with Gasteiger partial charge < -0.3 is 24.5 Å². The highest BCUT2D eigenvalue weighted by molar-refractivity contribution is 7.91. The molecular formula is C27H23F2N3O5S. The molecule has 0 aliphatic carbocycles. The summed E-state index contributed by atoms with van der Waals surface area (Å²) in [4.78, 5) is 9.90. The van der Waals surface area contributed by atoms with Gasteiger partial charge in [0.2, 0.25) is 0 Å². The number of fused-ring (bicyclic) bond motifs is 1. The molecule has 5 rings (SSSR count). The first-order valence-electron chi connectivity index (χ1n) is 11.6. The number of H-pyrrole nitrogens is 2. The third-order valence-corrected chi connectivity index (χ3v) is 6.99. The Morgan fingerprint density at radius 3 is 2.55 bits per heavy atom. The molecule has 0 aliphatic heterocycles. The summed E-state index contributed by atoms with van der Waals surface area (Å²) in [5.41, 5.74) is 1.57. The molecule has 11 heteroatoms. The van der Waals surface area contributed by atoms with E-state index in [1.807, 2.05) is 30.3 Å². The highest BCUT2D eigenvalue weighted by Crippen LogP contribution is 2.38. The van der Waals surface area contributed by atoms with E-state index in [0.29, 0.717) is 11.2 Å². The van der Waals surface area contributed by atoms with Gasteiger partial charge in [-0.2, -0.15) is 0 Å². The van der Waals surface area contributed by atoms with Crippen molar-refractivity contribution in [2.24, 2.45) is 0 Å². The molecule has 3 N–H and O–H groups in total. The number of nitrogens with one attached hydrogen (secondary N) is 2. The molecule has 38 heavy (non-hydrogen) atoms. The first-order valence-corrected chi connectivity index (χ1v) is 13.5. The zero-order chi connectivity index (χ0) is 26.9. The Hall–Kier alpha value is -4.06. The van der Waals surface area contributed by atoms with Crippen LogP contribution >= 0.6 is 0 Å². The normalized spacial score (nSPS) is 12.6. The largest absolute Gasteiger partial charge is 0.453 e. The molecule has 0 amide bonds. The van der Waals surface area contributed by atoms with Gasteiger partial charge in [0.05, 0.1) is 24.5 Å². The highest BCUT2D eigenvalue weighted by Gasteiger charge is 2.25. The molecule has 2 heterocycles. The summed E-state index contributed by atoms with van der Waals surface area (Å²) in [7, 11) is -3.89. The van der Waals surface area contributed by atoms with E-state index in [4.69, 9.17) is 9.47 Å². The number of hydrogen-bond acceptors (Lipinski definition) is 6. The fourth-order valence-corrected chi connectivity index (χ4v) is 5.27. The van der Waals surface area contributed by atoms with Gasteiger partial charge in [-0.25, -0.2) is 22.2 Å². The minimum absolute atomic E-state index is 0.00850. The van der Waals surface area contributed by atoms with Gasteiger partial charge in [-0.15, -0.1) is 0 Å². The van der Waals surface area contributed by atoms with Gasteiger partial charge in [0.15, 0.2) is 21.4 Å². The van der Waals surface area contributed by atoms with Gasteiger partial charge in [-0.05, 0) is 29.8 Å². The van der Waals surface area contributed by atoms with Crippen LogP contribution in [0.15, 0.2) is 78.0 Å². The standard InChI is InChI=1S/C27H23F2N3O5S/c1-38(34,35)26-18-9-10-30-22(18)14-21(29)25(26)37-17-7-8-20(28)19(13-17)27-31-15-23(32-27)24(36-12-11-33)16-5-3-2-4-6-16/h2-10,13-15,24,30,33H,11-12H2,1H3,(H,31,32). The van der Waals surface area contributed by atoms with Crippen LogP contribution < -0.4 is 4.74 Å². The van der Waals surface area contributed by atoms with Crippen LogP contribution in [0.4, 0.5) is 8.78 Å². The van der Waals surface area contributed by atoms with Crippen LogP contribution in [-0.2, 0) is 14.6 Å². The zero-order valence-corrected chi connectivity index (χ0v) is 20.9. The molecule has 2 aromatic heterocycles. The van der Waals surface area contributed by atoms with Crippen molar-refractivity contribution in [3.05, 3.63) is 95.9 Å². The molecule has 0 saturated heterocycles. The summed E-state index contributed by atoms with van der Waals surface area (Å²) in [5, 5.41) is 9.51. The maximum atomic E-state index is 15.0. The van der Waals surface area contributed by atoms with Crippen LogP contribution in [0.1, 0.15) is 17.4 Å². The van der Waals surface area contributed by atoms with Crippen LogP contribution in [0.25, 0.3) is 22.3 Å². The van der Waals surface area contributed by atoms with Crippen molar-refractivity contribution in [2.45, 2.75) is 11.0 Å². The van der Waals surface area contributed by atoms with Crippen molar-refractivity contribution in [1.82, 2.24) is 15.0 Å². The van der Waals surface area contributed by atoms with Crippen molar-refractivity contribution in [1.29, 1.82) is 0 Å². The molecule has 0 radical (unpaired) electrons. The van der Waals surface area contributed by atoms with Crippen LogP contribution in [-0.4, -0.2) is 47.9 Å². The lowest BCUT2D eigenvalue weighted by molar-refractivity contribution is 0.0482. The topological polar surface area (TPSA) is 117 Å². The number of imidazole rings is 1. The molecule has 0 saturated carbocycles. The number of aromatic nitrogens is 3. The van der Waals surface area contributed by atoms with E-state index in [-0.39, 0.29) is 40.6 Å². The molecular weight excluding hydrogens is 516 g/mol. The van der Waals surface area contributed by atoms with Crippen LogP contribution in [0.2, 0.25) is 0 Å². The van der Waals surface area contributed by atoms with E-state index < -0.39 is 33.3 Å². The Morgan fingerprint density at radius 2 is 1.82 bits per heavy atom. The van der Waals surface area contributed by atoms with Crippen molar-refractivity contribution in [3.63, 3.8) is 0 Å². The third-order valence-electron chi connectivity index (χ3n) is 5.85. The maximum Gasteiger partial charge on any atom is 0.182 e. The Balaban J connectivity index is 1.52. The monoisotopic (exact) mass is 539 g/mol. The van der Waals surface area contributed by atoms with Gasteiger partial charge in [0.1, 0.15) is 28.4 Å². The Bertz CT molecular complexity index is 1700. The van der Waals surface area contributed by atoms with E-state index in [1.54, 1.807) is 6.20 Å². The maximum absolute atomic E-state index is 15.0. The number of nitrogens with zero attached hydrogens (tertiary/aromatic N) is 1. The Kier molecular flexibility index (Phi) is 6.98. The molecule has 0 bridgehead atoms. The smallest absolute Gasteiger partial charge is 0.182 e. The van der Waals surface area contributed by atoms with Crippen LogP contribution in [0, 0.1) is 11.6 Å². The second-order valence-electron chi connectivity index (χ2n) is 8.53. The van der Waals surface area contributed by atoms with Gasteiger partial charge in [-0.1, -0.05) is 30.3 Å². The van der Waals surface area contributed by atoms with Gasteiger partial charge in [0, 0.05) is 35.6 Å².